The Morgan fingerprint density at radius 3 is 2.39 bits per heavy atom. The largest absolute Gasteiger partial charge is 0.356 e. The third kappa shape index (κ3) is 4.84. The third-order valence-corrected chi connectivity index (χ3v) is 4.15. The van der Waals surface area contributed by atoms with E-state index in [0.29, 0.717) is 18.0 Å². The van der Waals surface area contributed by atoms with Gasteiger partial charge in [-0.05, 0) is 37.8 Å². The Hall–Kier alpha value is -0.160. The molecule has 0 bridgehead atoms. The molecule has 0 aliphatic carbocycles. The van der Waals surface area contributed by atoms with Crippen LogP contribution in [0.2, 0.25) is 0 Å². The van der Waals surface area contributed by atoms with Gasteiger partial charge in [0.25, 0.3) is 0 Å². The number of nitrogens with zero attached hydrogens (tertiary/aromatic N) is 1. The molecule has 1 heterocycles. The van der Waals surface area contributed by atoms with Crippen molar-refractivity contribution >= 4 is 0 Å². The van der Waals surface area contributed by atoms with Gasteiger partial charge in [-0.25, -0.2) is 0 Å². The van der Waals surface area contributed by atoms with Gasteiger partial charge in [0, 0.05) is 33.2 Å². The highest BCUT2D eigenvalue weighted by molar-refractivity contribution is 4.81. The van der Waals surface area contributed by atoms with E-state index in [1.807, 2.05) is 0 Å². The molecule has 0 aromatic rings. The molecule has 4 heteroatoms. The lowest BCUT2D eigenvalue weighted by molar-refractivity contribution is -0.116. The smallest absolute Gasteiger partial charge is 0.158 e. The topological polar surface area (TPSA) is 47.7 Å². The van der Waals surface area contributed by atoms with E-state index >= 15 is 0 Å². The fraction of sp³-hybridized carbons (Fsp3) is 1.00. The minimum atomic E-state index is -0.144. The summed E-state index contributed by atoms with van der Waals surface area (Å²) in [7, 11) is 3.38. The fourth-order valence-electron chi connectivity index (χ4n) is 2.71. The summed E-state index contributed by atoms with van der Waals surface area (Å²) in [5.74, 6) is 0. The number of hydrogen-bond donors (Lipinski definition) is 1. The average molecular weight is 258 g/mol. The van der Waals surface area contributed by atoms with Crippen LogP contribution in [-0.4, -0.2) is 51.1 Å². The quantitative estimate of drug-likeness (QED) is 0.739. The van der Waals surface area contributed by atoms with Crippen molar-refractivity contribution in [3.63, 3.8) is 0 Å². The van der Waals surface area contributed by atoms with E-state index in [1.165, 1.54) is 19.3 Å². The molecule has 0 aromatic carbocycles. The first-order valence-electron chi connectivity index (χ1n) is 7.02. The van der Waals surface area contributed by atoms with Crippen molar-refractivity contribution in [2.45, 2.75) is 51.9 Å². The summed E-state index contributed by atoms with van der Waals surface area (Å²) in [4.78, 5) is 2.51. The Morgan fingerprint density at radius 1 is 1.17 bits per heavy atom. The van der Waals surface area contributed by atoms with E-state index in [1.54, 1.807) is 14.2 Å². The highest BCUT2D eigenvalue weighted by Gasteiger charge is 2.27. The Balaban J connectivity index is 2.54. The van der Waals surface area contributed by atoms with Crippen LogP contribution in [0.15, 0.2) is 0 Å². The first-order valence-corrected chi connectivity index (χ1v) is 7.02. The molecule has 108 valence electrons. The predicted molar refractivity (Wildman–Crippen MR) is 74.5 cm³/mol. The SMILES string of the molecule is COC(CC(CN)N1CCCC(C)(C)CC1)OC. The molecular formula is C14H30N2O2. The number of nitrogens with two attached hydrogens (primary N) is 1. The second-order valence-electron chi connectivity index (χ2n) is 6.08. The predicted octanol–water partition coefficient (Wildman–Crippen LogP) is 1.83. The van der Waals surface area contributed by atoms with Crippen molar-refractivity contribution in [1.82, 2.24) is 4.90 Å². The zero-order chi connectivity index (χ0) is 13.6. The molecule has 0 spiro atoms. The number of hydrogen-bond acceptors (Lipinski definition) is 4. The van der Waals surface area contributed by atoms with Crippen molar-refractivity contribution in [2.75, 3.05) is 33.9 Å². The van der Waals surface area contributed by atoms with Gasteiger partial charge < -0.3 is 15.2 Å². The molecule has 0 amide bonds. The molecule has 0 aromatic heterocycles. The first kappa shape index (κ1) is 15.9. The van der Waals surface area contributed by atoms with Gasteiger partial charge in [0.1, 0.15) is 0 Å². The highest BCUT2D eigenvalue weighted by Crippen LogP contribution is 2.30. The molecule has 1 aliphatic heterocycles. The molecule has 1 atom stereocenters. The van der Waals surface area contributed by atoms with E-state index in [2.05, 4.69) is 18.7 Å². The van der Waals surface area contributed by atoms with Crippen LogP contribution in [0.1, 0.15) is 39.5 Å². The first-order chi connectivity index (χ1) is 8.52. The van der Waals surface area contributed by atoms with Crippen molar-refractivity contribution in [2.24, 2.45) is 11.1 Å². The van der Waals surface area contributed by atoms with Crippen LogP contribution in [0.4, 0.5) is 0 Å². The zero-order valence-corrected chi connectivity index (χ0v) is 12.4. The minimum absolute atomic E-state index is 0.144. The van der Waals surface area contributed by atoms with E-state index in [0.717, 1.165) is 19.5 Å². The highest BCUT2D eigenvalue weighted by atomic mass is 16.7. The van der Waals surface area contributed by atoms with Gasteiger partial charge >= 0.3 is 0 Å². The minimum Gasteiger partial charge on any atom is -0.356 e. The Kier molecular flexibility index (Phi) is 6.57. The van der Waals surface area contributed by atoms with Crippen LogP contribution in [0.5, 0.6) is 0 Å². The monoisotopic (exact) mass is 258 g/mol. The molecule has 18 heavy (non-hydrogen) atoms. The average Bonchev–Trinajstić information content (AvgIpc) is 2.52. The van der Waals surface area contributed by atoms with E-state index in [9.17, 15) is 0 Å². The van der Waals surface area contributed by atoms with Crippen LogP contribution in [0.3, 0.4) is 0 Å². The van der Waals surface area contributed by atoms with E-state index < -0.39 is 0 Å². The molecule has 4 nitrogen and oxygen atoms in total. The van der Waals surface area contributed by atoms with Gasteiger partial charge in [0.05, 0.1) is 0 Å². The molecule has 2 N–H and O–H groups in total. The van der Waals surface area contributed by atoms with Crippen LogP contribution >= 0.6 is 0 Å². The normalized spacial score (nSPS) is 23.0. The van der Waals surface area contributed by atoms with Gasteiger partial charge in [-0.3, -0.25) is 4.90 Å². The standard InChI is InChI=1S/C14H30N2O2/c1-14(2)6-5-8-16(9-7-14)12(11-15)10-13(17-3)18-4/h12-13H,5-11,15H2,1-4H3. The maximum Gasteiger partial charge on any atom is 0.158 e. The Labute approximate surface area is 112 Å². The van der Waals surface area contributed by atoms with Gasteiger partial charge in [0.15, 0.2) is 6.29 Å². The summed E-state index contributed by atoms with van der Waals surface area (Å²) in [5, 5.41) is 0. The van der Waals surface area contributed by atoms with Crippen molar-refractivity contribution < 1.29 is 9.47 Å². The van der Waals surface area contributed by atoms with Crippen LogP contribution < -0.4 is 5.73 Å². The summed E-state index contributed by atoms with van der Waals surface area (Å²) in [6, 6.07) is 0.365. The summed E-state index contributed by atoms with van der Waals surface area (Å²) in [5.41, 5.74) is 6.40. The van der Waals surface area contributed by atoms with Crippen molar-refractivity contribution in [1.29, 1.82) is 0 Å². The van der Waals surface area contributed by atoms with E-state index in [-0.39, 0.29) is 6.29 Å². The Morgan fingerprint density at radius 2 is 1.83 bits per heavy atom. The second-order valence-corrected chi connectivity index (χ2v) is 6.08. The lowest BCUT2D eigenvalue weighted by Gasteiger charge is -2.32. The second kappa shape index (κ2) is 7.43. The zero-order valence-electron chi connectivity index (χ0n) is 12.4. The molecule has 0 radical (unpaired) electrons. The maximum atomic E-state index is 5.93. The molecule has 1 unspecified atom stereocenters. The van der Waals surface area contributed by atoms with Crippen molar-refractivity contribution in [3.05, 3.63) is 0 Å². The van der Waals surface area contributed by atoms with Gasteiger partial charge in [-0.2, -0.15) is 0 Å². The number of rotatable bonds is 6. The summed E-state index contributed by atoms with van der Waals surface area (Å²) < 4.78 is 10.6. The maximum absolute atomic E-state index is 5.93. The third-order valence-electron chi connectivity index (χ3n) is 4.15. The summed E-state index contributed by atoms with van der Waals surface area (Å²) in [6.45, 7) is 7.67. The molecule has 1 rings (SSSR count). The van der Waals surface area contributed by atoms with Crippen LogP contribution in [-0.2, 0) is 9.47 Å². The summed E-state index contributed by atoms with van der Waals surface area (Å²) in [6.07, 6.45) is 4.51. The number of likely N-dealkylation sites (tertiary alicyclic amines) is 1. The molecule has 1 saturated heterocycles. The van der Waals surface area contributed by atoms with Crippen LogP contribution in [0.25, 0.3) is 0 Å². The molecule has 0 saturated carbocycles. The number of methoxy groups -OCH3 is 2. The van der Waals surface area contributed by atoms with E-state index in [4.69, 9.17) is 15.2 Å². The van der Waals surface area contributed by atoms with Crippen LogP contribution in [0, 0.1) is 5.41 Å². The fourth-order valence-corrected chi connectivity index (χ4v) is 2.71. The van der Waals surface area contributed by atoms with Gasteiger partial charge in [-0.1, -0.05) is 13.8 Å². The molecular weight excluding hydrogens is 228 g/mol. The summed E-state index contributed by atoms with van der Waals surface area (Å²) >= 11 is 0. The number of ether oxygens (including phenoxy) is 2. The lowest BCUT2D eigenvalue weighted by atomic mass is 9.85. The lowest BCUT2D eigenvalue weighted by Crippen LogP contribution is -2.44. The molecule has 1 aliphatic rings. The van der Waals surface area contributed by atoms with Gasteiger partial charge in [-0.15, -0.1) is 0 Å². The Bertz CT molecular complexity index is 230. The van der Waals surface area contributed by atoms with Gasteiger partial charge in [0.2, 0.25) is 0 Å². The van der Waals surface area contributed by atoms with Crippen molar-refractivity contribution in [3.8, 4) is 0 Å². The molecule has 1 fully saturated rings.